The van der Waals surface area contributed by atoms with Crippen LogP contribution in [-0.2, 0) is 0 Å². The van der Waals surface area contributed by atoms with Crippen LogP contribution in [0.1, 0.15) is 19.3 Å². The van der Waals surface area contributed by atoms with Crippen molar-refractivity contribution < 1.29 is 9.50 Å². The second kappa shape index (κ2) is 7.07. The van der Waals surface area contributed by atoms with Crippen molar-refractivity contribution in [2.45, 2.75) is 43.6 Å². The van der Waals surface area contributed by atoms with E-state index in [1.807, 2.05) is 31.1 Å². The molecule has 4 heterocycles. The largest absolute Gasteiger partial charge is 0.507 e. The van der Waals surface area contributed by atoms with E-state index in [1.54, 1.807) is 18.5 Å². The molecule has 0 spiro atoms. The maximum atomic E-state index is 15.1. The number of nitrogens with zero attached hydrogens (tertiary/aromatic N) is 5. The molecule has 0 saturated carbocycles. The summed E-state index contributed by atoms with van der Waals surface area (Å²) >= 11 is 1.38. The number of aromatic hydroxyl groups is 1. The molecule has 0 amide bonds. The van der Waals surface area contributed by atoms with Gasteiger partial charge in [0.25, 0.3) is 0 Å². The Morgan fingerprint density at radius 3 is 2.90 bits per heavy atom. The zero-order chi connectivity index (χ0) is 20.1. The van der Waals surface area contributed by atoms with Crippen molar-refractivity contribution in [3.05, 3.63) is 30.6 Å². The number of aromatic amines is 1. The molecule has 3 aromatic rings. The molecular weight excluding hydrogens is 391 g/mol. The van der Waals surface area contributed by atoms with E-state index in [2.05, 4.69) is 25.3 Å². The fourth-order valence-corrected chi connectivity index (χ4v) is 5.55. The van der Waals surface area contributed by atoms with Gasteiger partial charge in [-0.05, 0) is 44.0 Å². The van der Waals surface area contributed by atoms with Crippen LogP contribution in [0, 0.1) is 0 Å². The van der Waals surface area contributed by atoms with E-state index >= 15 is 4.39 Å². The van der Waals surface area contributed by atoms with Crippen molar-refractivity contribution in [3.63, 3.8) is 0 Å². The second-order valence-corrected chi connectivity index (χ2v) is 8.89. The summed E-state index contributed by atoms with van der Waals surface area (Å²) < 4.78 is 15.1. The van der Waals surface area contributed by atoms with Gasteiger partial charge in [-0.2, -0.15) is 5.10 Å². The van der Waals surface area contributed by atoms with Crippen LogP contribution in [-0.4, -0.2) is 68.8 Å². The molecule has 29 heavy (non-hydrogen) atoms. The quantitative estimate of drug-likeness (QED) is 0.682. The third-order valence-corrected chi connectivity index (χ3v) is 7.46. The zero-order valence-electron chi connectivity index (χ0n) is 16.3. The first-order valence-corrected chi connectivity index (χ1v) is 10.6. The number of hydrogen-bond donors (Lipinski definition) is 2. The molecule has 2 N–H and O–H groups in total. The summed E-state index contributed by atoms with van der Waals surface area (Å²) in [6.45, 7) is 0. The first-order chi connectivity index (χ1) is 14.0. The molecule has 5 rings (SSSR count). The topological polar surface area (TPSA) is 81.2 Å². The van der Waals surface area contributed by atoms with Crippen molar-refractivity contribution >= 4 is 16.5 Å². The Bertz CT molecular complexity index is 1010. The van der Waals surface area contributed by atoms with E-state index in [0.717, 1.165) is 30.4 Å². The molecule has 0 unspecified atom stereocenters. The lowest BCUT2D eigenvalue weighted by Gasteiger charge is -2.42. The van der Waals surface area contributed by atoms with Crippen LogP contribution < -0.4 is 4.90 Å². The molecule has 2 aliphatic rings. The predicted molar refractivity (Wildman–Crippen MR) is 111 cm³/mol. The van der Waals surface area contributed by atoms with Gasteiger partial charge in [0.2, 0.25) is 5.13 Å². The summed E-state index contributed by atoms with van der Waals surface area (Å²) in [5, 5.41) is 27.1. The van der Waals surface area contributed by atoms with Gasteiger partial charge in [0.1, 0.15) is 11.9 Å². The second-order valence-electron chi connectivity index (χ2n) is 7.93. The highest BCUT2D eigenvalue weighted by atomic mass is 32.1. The van der Waals surface area contributed by atoms with Crippen molar-refractivity contribution in [2.75, 3.05) is 19.0 Å². The Kier molecular flexibility index (Phi) is 4.51. The lowest BCUT2D eigenvalue weighted by molar-refractivity contribution is 0.0703. The maximum Gasteiger partial charge on any atom is 0.208 e. The average Bonchev–Trinajstić information content (AvgIpc) is 3.45. The molecule has 2 aliphatic heterocycles. The molecular formula is C20H23FN6OS. The smallest absolute Gasteiger partial charge is 0.208 e. The van der Waals surface area contributed by atoms with E-state index < -0.39 is 6.17 Å². The van der Waals surface area contributed by atoms with Gasteiger partial charge in [0.15, 0.2) is 5.01 Å². The maximum absolute atomic E-state index is 15.1. The summed E-state index contributed by atoms with van der Waals surface area (Å²) in [6.07, 6.45) is 5.35. The molecule has 9 heteroatoms. The molecule has 1 aromatic carbocycles. The predicted octanol–water partition coefficient (Wildman–Crippen LogP) is 3.31. The molecule has 2 aromatic heterocycles. The summed E-state index contributed by atoms with van der Waals surface area (Å²) in [5.41, 5.74) is 2.38. The van der Waals surface area contributed by atoms with E-state index in [0.29, 0.717) is 21.7 Å². The van der Waals surface area contributed by atoms with Gasteiger partial charge in [-0.25, -0.2) is 4.39 Å². The first-order valence-electron chi connectivity index (χ1n) is 9.78. The minimum Gasteiger partial charge on any atom is -0.507 e. The van der Waals surface area contributed by atoms with Crippen molar-refractivity contribution in [2.24, 2.45) is 0 Å². The summed E-state index contributed by atoms with van der Waals surface area (Å²) in [5.74, 6) is 0.134. The number of hydrogen-bond acceptors (Lipinski definition) is 7. The van der Waals surface area contributed by atoms with E-state index in [1.165, 1.54) is 11.3 Å². The minimum absolute atomic E-state index is 0.00639. The van der Waals surface area contributed by atoms with Gasteiger partial charge in [0.05, 0.1) is 17.8 Å². The van der Waals surface area contributed by atoms with Crippen LogP contribution in [0.25, 0.3) is 21.7 Å². The number of alkyl halides is 1. The third kappa shape index (κ3) is 3.08. The number of aromatic nitrogens is 4. The van der Waals surface area contributed by atoms with Crippen LogP contribution in [0.5, 0.6) is 5.75 Å². The zero-order valence-corrected chi connectivity index (χ0v) is 17.1. The SMILES string of the molecule is CN(c1nnc(-c2ccc(-c3cn[nH]c3)cc2O)s1)[C@@H]1C[C@H]2CC[C@@H]([C@@H]1F)N2C. The number of benzene rings is 1. The van der Waals surface area contributed by atoms with Gasteiger partial charge in [0, 0.05) is 30.9 Å². The molecule has 2 bridgehead atoms. The van der Waals surface area contributed by atoms with E-state index in [9.17, 15) is 5.11 Å². The molecule has 0 aliphatic carbocycles. The number of halogens is 1. The first kappa shape index (κ1) is 18.5. The lowest BCUT2D eigenvalue weighted by atomic mass is 9.95. The van der Waals surface area contributed by atoms with Crippen molar-refractivity contribution in [1.82, 2.24) is 25.3 Å². The normalized spacial score (nSPS) is 26.7. The molecule has 152 valence electrons. The molecule has 2 saturated heterocycles. The molecule has 0 radical (unpaired) electrons. The fourth-order valence-electron chi connectivity index (χ4n) is 4.66. The number of phenols is 1. The fraction of sp³-hybridized carbons (Fsp3) is 0.450. The lowest BCUT2D eigenvalue weighted by Crippen LogP contribution is -2.56. The van der Waals surface area contributed by atoms with Gasteiger partial charge in [-0.1, -0.05) is 17.4 Å². The highest BCUT2D eigenvalue weighted by Gasteiger charge is 2.47. The summed E-state index contributed by atoms with van der Waals surface area (Å²) in [6, 6.07) is 5.67. The Balaban J connectivity index is 1.38. The number of rotatable bonds is 4. The van der Waals surface area contributed by atoms with Gasteiger partial charge < -0.3 is 10.0 Å². The standard InChI is InChI=1S/C20H23FN6OS/c1-26-13-4-6-15(26)18(21)16(8-13)27(2)20-25-24-19(29-20)14-5-3-11(7-17(14)28)12-9-22-23-10-12/h3,5,7,9-10,13,15-16,18,28H,4,6,8H2,1-2H3,(H,22,23)/t13-,15+,16-,18+/m1/s1. The Labute approximate surface area is 172 Å². The van der Waals surface area contributed by atoms with Gasteiger partial charge >= 0.3 is 0 Å². The molecule has 4 atom stereocenters. The van der Waals surface area contributed by atoms with Crippen LogP contribution >= 0.6 is 11.3 Å². The summed E-state index contributed by atoms with van der Waals surface area (Å²) in [4.78, 5) is 4.13. The van der Waals surface area contributed by atoms with Crippen LogP contribution in [0.4, 0.5) is 9.52 Å². The van der Waals surface area contributed by atoms with Crippen LogP contribution in [0.2, 0.25) is 0 Å². The Morgan fingerprint density at radius 1 is 1.28 bits per heavy atom. The number of nitrogens with one attached hydrogen (secondary N) is 1. The van der Waals surface area contributed by atoms with E-state index in [4.69, 9.17) is 0 Å². The van der Waals surface area contributed by atoms with Crippen molar-refractivity contribution in [1.29, 1.82) is 0 Å². The average molecular weight is 415 g/mol. The Morgan fingerprint density at radius 2 is 2.14 bits per heavy atom. The number of H-pyrrole nitrogens is 1. The van der Waals surface area contributed by atoms with Crippen molar-refractivity contribution in [3.8, 4) is 27.4 Å². The van der Waals surface area contributed by atoms with Crippen LogP contribution in [0.15, 0.2) is 30.6 Å². The Hall–Kier alpha value is -2.52. The number of phenolic OH excluding ortho intramolecular Hbond substituents is 1. The molecule has 7 nitrogen and oxygen atoms in total. The number of anilines is 1. The monoisotopic (exact) mass is 414 g/mol. The summed E-state index contributed by atoms with van der Waals surface area (Å²) in [7, 11) is 3.93. The molecule has 2 fully saturated rings. The number of fused-ring (bicyclic) bond motifs is 2. The highest BCUT2D eigenvalue weighted by molar-refractivity contribution is 7.18. The van der Waals surface area contributed by atoms with Gasteiger partial charge in [-0.3, -0.25) is 10.00 Å². The minimum atomic E-state index is -0.904. The van der Waals surface area contributed by atoms with Crippen LogP contribution in [0.3, 0.4) is 0 Å². The highest BCUT2D eigenvalue weighted by Crippen LogP contribution is 2.41. The number of piperidine rings is 1. The van der Waals surface area contributed by atoms with E-state index in [-0.39, 0.29) is 17.8 Å². The third-order valence-electron chi connectivity index (χ3n) is 6.42. The van der Waals surface area contributed by atoms with Gasteiger partial charge in [-0.15, -0.1) is 10.2 Å².